The van der Waals surface area contributed by atoms with Crippen molar-refractivity contribution in [1.82, 2.24) is 14.0 Å². The number of rotatable bonds is 0. The van der Waals surface area contributed by atoms with Crippen molar-refractivity contribution in [3.8, 4) is 11.5 Å². The van der Waals surface area contributed by atoms with Crippen LogP contribution in [0.1, 0.15) is 9.68 Å². The van der Waals surface area contributed by atoms with Gasteiger partial charge in [0, 0.05) is 17.8 Å². The molecule has 20 heavy (non-hydrogen) atoms. The van der Waals surface area contributed by atoms with Gasteiger partial charge in [-0.3, -0.25) is 0 Å². The fourth-order valence-electron chi connectivity index (χ4n) is 3.18. The highest BCUT2D eigenvalue weighted by Crippen LogP contribution is 2.32. The van der Waals surface area contributed by atoms with E-state index in [1.54, 1.807) is 6.20 Å². The average molecular weight is 264 g/mol. The second-order valence-electron chi connectivity index (χ2n) is 5.10. The topological polar surface area (TPSA) is 26.1 Å². The molecule has 0 N–H and O–H groups in total. The molecule has 5 heterocycles. The van der Waals surface area contributed by atoms with Crippen LogP contribution in [0.5, 0.6) is 0 Å². The molecule has 0 bridgehead atoms. The highest BCUT2D eigenvalue weighted by molar-refractivity contribution is 5.83. The minimum atomic E-state index is -2.28. The minimum Gasteiger partial charge on any atom is -0.249 e. The fraction of sp³-hybridized carbons (Fsp3) is 0.125. The van der Waals surface area contributed by atoms with E-state index in [0.717, 1.165) is 22.3 Å². The molecule has 0 radical (unpaired) electrons. The summed E-state index contributed by atoms with van der Waals surface area (Å²) in [6.07, 6.45) is 3.61. The standard InChI is InChI=1S/C16H13N4/c1-18-15-13(9-12-6-2-3-8-19(12)15)20-10-11-5-4-7-17-14(11)16(18)20/h2-9H,10H2,1H3/q+1/i1D3. The van der Waals surface area contributed by atoms with Crippen LogP contribution in [0.15, 0.2) is 48.8 Å². The Bertz CT molecular complexity index is 1090. The molecule has 4 aromatic heterocycles. The van der Waals surface area contributed by atoms with Crippen LogP contribution in [-0.2, 0) is 13.5 Å². The Kier molecular flexibility index (Phi) is 1.29. The van der Waals surface area contributed by atoms with E-state index in [9.17, 15) is 0 Å². The number of hydrogen-bond donors (Lipinski definition) is 0. The SMILES string of the molecule is [2H]C([2H])([2H])[n+]1c2n(c3cc4ccccn4c31)Cc1cccnc1-2. The second kappa shape index (κ2) is 3.28. The van der Waals surface area contributed by atoms with E-state index in [1.165, 1.54) is 4.57 Å². The molecule has 0 unspecified atom stereocenters. The van der Waals surface area contributed by atoms with Crippen LogP contribution in [0.3, 0.4) is 0 Å². The molecule has 0 fully saturated rings. The van der Waals surface area contributed by atoms with Gasteiger partial charge >= 0.3 is 0 Å². The Balaban J connectivity index is 2.01. The average Bonchev–Trinajstić information content (AvgIpc) is 3.13. The van der Waals surface area contributed by atoms with Crippen molar-refractivity contribution in [2.45, 2.75) is 6.54 Å². The Morgan fingerprint density at radius 3 is 3.25 bits per heavy atom. The summed E-state index contributed by atoms with van der Waals surface area (Å²) in [5.74, 6) is 0.656. The third kappa shape index (κ3) is 1.04. The van der Waals surface area contributed by atoms with Gasteiger partial charge in [0.25, 0.3) is 11.5 Å². The van der Waals surface area contributed by atoms with Gasteiger partial charge in [0.2, 0.25) is 0 Å². The predicted octanol–water partition coefficient (Wildman–Crippen LogP) is 2.14. The van der Waals surface area contributed by atoms with Crippen LogP contribution in [0.25, 0.3) is 28.2 Å². The minimum absolute atomic E-state index is 0.648. The first-order chi connectivity index (χ1) is 11.1. The zero-order valence-electron chi connectivity index (χ0n) is 13.6. The van der Waals surface area contributed by atoms with Crippen LogP contribution in [0, 0.1) is 0 Å². The van der Waals surface area contributed by atoms with Gasteiger partial charge in [0.05, 0.1) is 23.8 Å². The molecular formula is C16H13N4+. The van der Waals surface area contributed by atoms with E-state index in [0.29, 0.717) is 18.0 Å². The third-order valence-corrected chi connectivity index (χ3v) is 4.03. The van der Waals surface area contributed by atoms with Crippen LogP contribution < -0.4 is 4.57 Å². The highest BCUT2D eigenvalue weighted by Gasteiger charge is 2.33. The molecule has 1 aliphatic heterocycles. The lowest BCUT2D eigenvalue weighted by Gasteiger charge is -1.96. The number of aryl methyl sites for hydroxylation is 1. The van der Waals surface area contributed by atoms with Gasteiger partial charge in [0.1, 0.15) is 11.2 Å². The van der Waals surface area contributed by atoms with E-state index in [1.807, 2.05) is 51.6 Å². The van der Waals surface area contributed by atoms with E-state index in [2.05, 4.69) is 4.98 Å². The Labute approximate surface area is 119 Å². The number of pyridine rings is 2. The Hall–Kier alpha value is -2.62. The monoisotopic (exact) mass is 264 g/mol. The molecule has 96 valence electrons. The highest BCUT2D eigenvalue weighted by atomic mass is 15.2. The molecular weight excluding hydrogens is 248 g/mol. The zero-order chi connectivity index (χ0) is 15.8. The maximum Gasteiger partial charge on any atom is 0.273 e. The summed E-state index contributed by atoms with van der Waals surface area (Å²) < 4.78 is 29.5. The number of imidazole rings is 1. The quantitative estimate of drug-likeness (QED) is 0.394. The van der Waals surface area contributed by atoms with E-state index < -0.39 is 6.98 Å². The molecule has 0 atom stereocenters. The van der Waals surface area contributed by atoms with Crippen LogP contribution in [-0.4, -0.2) is 14.0 Å². The molecule has 0 amide bonds. The van der Waals surface area contributed by atoms with Gasteiger partial charge in [0.15, 0.2) is 5.52 Å². The maximum absolute atomic E-state index is 8.04. The molecule has 0 saturated heterocycles. The fourth-order valence-corrected chi connectivity index (χ4v) is 3.18. The van der Waals surface area contributed by atoms with Crippen molar-refractivity contribution < 1.29 is 8.68 Å². The summed E-state index contributed by atoms with van der Waals surface area (Å²) in [7, 11) is 0. The Morgan fingerprint density at radius 2 is 2.30 bits per heavy atom. The van der Waals surface area contributed by atoms with Crippen molar-refractivity contribution in [3.63, 3.8) is 0 Å². The van der Waals surface area contributed by atoms with Crippen molar-refractivity contribution in [2.75, 3.05) is 0 Å². The summed E-state index contributed by atoms with van der Waals surface area (Å²) in [6, 6.07) is 11.8. The molecule has 0 aromatic carbocycles. The number of aromatic nitrogens is 4. The lowest BCUT2D eigenvalue weighted by Crippen LogP contribution is -2.30. The van der Waals surface area contributed by atoms with Crippen LogP contribution in [0.2, 0.25) is 0 Å². The molecule has 4 aromatic rings. The first-order valence-corrected chi connectivity index (χ1v) is 6.55. The zero-order valence-corrected chi connectivity index (χ0v) is 10.6. The molecule has 0 aliphatic carbocycles. The van der Waals surface area contributed by atoms with E-state index >= 15 is 0 Å². The maximum atomic E-state index is 8.04. The van der Waals surface area contributed by atoms with Crippen molar-refractivity contribution >= 4 is 16.7 Å². The van der Waals surface area contributed by atoms with E-state index in [4.69, 9.17) is 4.11 Å². The molecule has 1 aliphatic rings. The molecule has 0 saturated carbocycles. The van der Waals surface area contributed by atoms with Gasteiger partial charge in [-0.05, 0) is 18.2 Å². The molecule has 0 spiro atoms. The summed E-state index contributed by atoms with van der Waals surface area (Å²) >= 11 is 0. The number of nitrogens with zero attached hydrogens (tertiary/aromatic N) is 4. The summed E-state index contributed by atoms with van der Waals surface area (Å²) in [5.41, 5.74) is 4.39. The molecule has 4 nitrogen and oxygen atoms in total. The first kappa shape index (κ1) is 7.85. The second-order valence-corrected chi connectivity index (χ2v) is 5.10. The number of fused-ring (bicyclic) bond motifs is 7. The van der Waals surface area contributed by atoms with Crippen molar-refractivity contribution in [2.24, 2.45) is 6.98 Å². The summed E-state index contributed by atoms with van der Waals surface area (Å²) in [4.78, 5) is 4.43. The van der Waals surface area contributed by atoms with Gasteiger partial charge < -0.3 is 0 Å². The predicted molar refractivity (Wildman–Crippen MR) is 76.4 cm³/mol. The number of hydrogen-bond acceptors (Lipinski definition) is 1. The summed E-state index contributed by atoms with van der Waals surface area (Å²) in [5, 5.41) is 0. The first-order valence-electron chi connectivity index (χ1n) is 8.05. The van der Waals surface area contributed by atoms with Crippen molar-refractivity contribution in [3.05, 3.63) is 54.4 Å². The normalized spacial score (nSPS) is 15.9. The smallest absolute Gasteiger partial charge is 0.249 e. The third-order valence-electron chi connectivity index (χ3n) is 4.03. The van der Waals surface area contributed by atoms with Gasteiger partial charge in [-0.25, -0.2) is 18.5 Å². The summed E-state index contributed by atoms with van der Waals surface area (Å²) in [6.45, 7) is -1.63. The van der Waals surface area contributed by atoms with E-state index in [-0.39, 0.29) is 0 Å². The van der Waals surface area contributed by atoms with Crippen LogP contribution in [0.4, 0.5) is 0 Å². The molecule has 5 rings (SSSR count). The van der Waals surface area contributed by atoms with Gasteiger partial charge in [-0.1, -0.05) is 12.1 Å². The largest absolute Gasteiger partial charge is 0.273 e. The lowest BCUT2D eigenvalue weighted by atomic mass is 10.2. The lowest BCUT2D eigenvalue weighted by molar-refractivity contribution is -0.636. The van der Waals surface area contributed by atoms with Gasteiger partial charge in [-0.15, -0.1) is 0 Å². The van der Waals surface area contributed by atoms with Gasteiger partial charge in [-0.2, -0.15) is 0 Å². The molecule has 4 heteroatoms. The Morgan fingerprint density at radius 1 is 1.30 bits per heavy atom. The van der Waals surface area contributed by atoms with Crippen molar-refractivity contribution in [1.29, 1.82) is 0 Å². The van der Waals surface area contributed by atoms with Crippen LogP contribution >= 0.6 is 0 Å².